The summed E-state index contributed by atoms with van der Waals surface area (Å²) in [4.78, 5) is 4.02. The minimum absolute atomic E-state index is 0.0605. The first-order valence-electron chi connectivity index (χ1n) is 7.50. The van der Waals surface area contributed by atoms with Gasteiger partial charge in [0, 0.05) is 29.6 Å². The third-order valence-corrected chi connectivity index (χ3v) is 3.52. The second kappa shape index (κ2) is 6.87. The maximum atomic E-state index is 8.23. The molecular weight excluding hydrogens is 302 g/mol. The number of nitrogen functional groups attached to an aromatic ring is 1. The van der Waals surface area contributed by atoms with Gasteiger partial charge in [-0.1, -0.05) is 30.3 Å². The summed E-state index contributed by atoms with van der Waals surface area (Å²) in [6.45, 7) is 1.96. The van der Waals surface area contributed by atoms with Crippen LogP contribution in [0.2, 0.25) is 0 Å². The zero-order valence-corrected chi connectivity index (χ0v) is 13.3. The Hall–Kier alpha value is -3.28. The van der Waals surface area contributed by atoms with Gasteiger partial charge in [0.2, 0.25) is 5.82 Å². The predicted molar refractivity (Wildman–Crippen MR) is 91.9 cm³/mol. The largest absolute Gasteiger partial charge is 0.482 e. The number of nitrogens with one attached hydrogen (secondary N) is 1. The molecule has 6 heteroatoms. The molecule has 0 atom stereocenters. The normalized spacial score (nSPS) is 10.4. The molecule has 3 aromatic rings. The molecule has 0 bridgehead atoms. The fourth-order valence-electron chi connectivity index (χ4n) is 2.24. The van der Waals surface area contributed by atoms with Gasteiger partial charge in [0.15, 0.2) is 6.61 Å². The zero-order valence-electron chi connectivity index (χ0n) is 13.3. The number of anilines is 1. The van der Waals surface area contributed by atoms with Crippen molar-refractivity contribution in [2.24, 2.45) is 0 Å². The van der Waals surface area contributed by atoms with Crippen molar-refractivity contribution in [1.29, 1.82) is 5.41 Å². The van der Waals surface area contributed by atoms with Crippen LogP contribution in [0.15, 0.2) is 60.9 Å². The van der Waals surface area contributed by atoms with Gasteiger partial charge in [0.25, 0.3) is 5.84 Å². The Bertz CT molecular complexity index is 864. The summed E-state index contributed by atoms with van der Waals surface area (Å²) >= 11 is 0. The standard InChI is InChI=1S/C18H17N5O/c1-13-11-21-10-9-16(13)24-12-18(20)23-17(19)8-7-15(22-23)14-5-3-2-4-6-14/h2-11,19-20H,12H2,1H3/p+1. The van der Waals surface area contributed by atoms with E-state index in [0.717, 1.165) is 16.8 Å². The van der Waals surface area contributed by atoms with Gasteiger partial charge in [0.1, 0.15) is 11.4 Å². The molecule has 24 heavy (non-hydrogen) atoms. The fourth-order valence-corrected chi connectivity index (χ4v) is 2.24. The van der Waals surface area contributed by atoms with E-state index in [1.165, 1.54) is 4.68 Å². The number of hydrogen-bond donors (Lipinski definition) is 2. The molecule has 0 radical (unpaired) electrons. The number of aromatic nitrogens is 3. The first-order chi connectivity index (χ1) is 11.6. The van der Waals surface area contributed by atoms with Gasteiger partial charge in [-0.05, 0) is 19.1 Å². The van der Waals surface area contributed by atoms with Crippen LogP contribution < -0.4 is 15.2 Å². The van der Waals surface area contributed by atoms with Crippen molar-refractivity contribution in [3.8, 4) is 17.0 Å². The molecule has 2 aromatic heterocycles. The Morgan fingerprint density at radius 1 is 1.17 bits per heavy atom. The lowest BCUT2D eigenvalue weighted by molar-refractivity contribution is -0.609. The van der Waals surface area contributed by atoms with Crippen molar-refractivity contribution in [2.45, 2.75) is 6.92 Å². The summed E-state index contributed by atoms with van der Waals surface area (Å²) in [5.41, 5.74) is 8.58. The molecule has 0 amide bonds. The van der Waals surface area contributed by atoms with Crippen molar-refractivity contribution in [2.75, 3.05) is 12.3 Å². The average molecular weight is 320 g/mol. The molecule has 2 heterocycles. The van der Waals surface area contributed by atoms with E-state index in [0.29, 0.717) is 11.6 Å². The maximum absolute atomic E-state index is 8.23. The number of pyridine rings is 1. The molecular formula is C18H18N5O+. The molecule has 0 unspecified atom stereocenters. The van der Waals surface area contributed by atoms with Crippen LogP contribution in [-0.2, 0) is 0 Å². The number of rotatable bonds is 4. The van der Waals surface area contributed by atoms with Gasteiger partial charge < -0.3 is 10.5 Å². The van der Waals surface area contributed by atoms with Crippen LogP contribution in [0.5, 0.6) is 5.75 Å². The summed E-state index contributed by atoms with van der Waals surface area (Å²) in [7, 11) is 0. The van der Waals surface area contributed by atoms with E-state index in [9.17, 15) is 0 Å². The third-order valence-electron chi connectivity index (χ3n) is 3.52. The molecule has 3 rings (SSSR count). The van der Waals surface area contributed by atoms with E-state index in [1.807, 2.05) is 43.3 Å². The first kappa shape index (κ1) is 15.6. The average Bonchev–Trinajstić information content (AvgIpc) is 2.62. The van der Waals surface area contributed by atoms with Crippen molar-refractivity contribution >= 4 is 11.7 Å². The topological polar surface area (TPSA) is 88.8 Å². The molecule has 0 spiro atoms. The molecule has 0 aliphatic rings. The summed E-state index contributed by atoms with van der Waals surface area (Å²) in [6, 6.07) is 15.1. The van der Waals surface area contributed by atoms with E-state index in [2.05, 4.69) is 10.1 Å². The molecule has 6 nitrogen and oxygen atoms in total. The highest BCUT2D eigenvalue weighted by atomic mass is 16.5. The lowest BCUT2D eigenvalue weighted by Gasteiger charge is -2.09. The Morgan fingerprint density at radius 3 is 2.71 bits per heavy atom. The van der Waals surface area contributed by atoms with Crippen molar-refractivity contribution < 1.29 is 9.42 Å². The summed E-state index contributed by atoms with van der Waals surface area (Å²) in [5.74, 6) is 1.23. The van der Waals surface area contributed by atoms with Crippen LogP contribution in [0, 0.1) is 12.3 Å². The molecule has 120 valence electrons. The van der Waals surface area contributed by atoms with Gasteiger partial charge in [-0.2, -0.15) is 5.41 Å². The Kier molecular flexibility index (Phi) is 4.47. The van der Waals surface area contributed by atoms with Crippen LogP contribution in [0.3, 0.4) is 0 Å². The van der Waals surface area contributed by atoms with Gasteiger partial charge in [-0.25, -0.2) is 0 Å². The van der Waals surface area contributed by atoms with E-state index < -0.39 is 0 Å². The fraction of sp³-hybridized carbons (Fsp3) is 0.111. The molecule has 0 saturated heterocycles. The molecule has 1 aromatic carbocycles. The highest BCUT2D eigenvalue weighted by Crippen LogP contribution is 2.16. The number of nitrogens with zero attached hydrogens (tertiary/aromatic N) is 3. The van der Waals surface area contributed by atoms with Crippen molar-refractivity contribution in [3.63, 3.8) is 0 Å². The number of benzene rings is 1. The van der Waals surface area contributed by atoms with Gasteiger partial charge in [-0.3, -0.25) is 4.98 Å². The van der Waals surface area contributed by atoms with E-state index in [1.54, 1.807) is 24.5 Å². The molecule has 0 saturated carbocycles. The molecule has 0 aliphatic carbocycles. The summed E-state index contributed by atoms with van der Waals surface area (Å²) < 4.78 is 7.06. The Balaban J connectivity index is 1.81. The van der Waals surface area contributed by atoms with Crippen LogP contribution in [-0.4, -0.2) is 22.5 Å². The van der Waals surface area contributed by atoms with Crippen LogP contribution >= 0.6 is 0 Å². The Labute approximate surface area is 140 Å². The minimum atomic E-state index is 0.0605. The second-order valence-electron chi connectivity index (χ2n) is 5.30. The lowest BCUT2D eigenvalue weighted by Crippen LogP contribution is -2.51. The quantitative estimate of drug-likeness (QED) is 0.438. The van der Waals surface area contributed by atoms with E-state index >= 15 is 0 Å². The monoisotopic (exact) mass is 320 g/mol. The maximum Gasteiger partial charge on any atom is 0.292 e. The van der Waals surface area contributed by atoms with Gasteiger partial charge in [0.05, 0.1) is 0 Å². The zero-order chi connectivity index (χ0) is 16.9. The number of nitrogens with two attached hydrogens (primary N) is 1. The summed E-state index contributed by atoms with van der Waals surface area (Å²) in [6.07, 6.45) is 3.37. The van der Waals surface area contributed by atoms with Crippen LogP contribution in [0.1, 0.15) is 5.56 Å². The number of aryl methyl sites for hydroxylation is 1. The first-order valence-corrected chi connectivity index (χ1v) is 7.50. The Morgan fingerprint density at radius 2 is 1.96 bits per heavy atom. The van der Waals surface area contributed by atoms with E-state index in [4.69, 9.17) is 15.9 Å². The molecule has 0 fully saturated rings. The SMILES string of the molecule is Cc1cnccc1OCC(=N)[n+]1nc(-c2ccccc2)ccc1N. The van der Waals surface area contributed by atoms with Crippen molar-refractivity contribution in [1.82, 2.24) is 10.1 Å². The third kappa shape index (κ3) is 3.38. The van der Waals surface area contributed by atoms with Crippen molar-refractivity contribution in [3.05, 3.63) is 66.5 Å². The smallest absolute Gasteiger partial charge is 0.292 e. The van der Waals surface area contributed by atoms with Crippen LogP contribution in [0.4, 0.5) is 5.82 Å². The van der Waals surface area contributed by atoms with Gasteiger partial charge >= 0.3 is 0 Å². The van der Waals surface area contributed by atoms with Gasteiger partial charge in [-0.15, -0.1) is 9.78 Å². The van der Waals surface area contributed by atoms with E-state index in [-0.39, 0.29) is 12.4 Å². The lowest BCUT2D eigenvalue weighted by atomic mass is 10.1. The molecule has 3 N–H and O–H groups in total. The number of ether oxygens (including phenoxy) is 1. The predicted octanol–water partition coefficient (Wildman–Crippen LogP) is 2.23. The minimum Gasteiger partial charge on any atom is -0.482 e. The second-order valence-corrected chi connectivity index (χ2v) is 5.30. The molecule has 0 aliphatic heterocycles. The summed E-state index contributed by atoms with van der Waals surface area (Å²) in [5, 5.41) is 12.7. The van der Waals surface area contributed by atoms with Crippen LogP contribution in [0.25, 0.3) is 11.3 Å². The number of hydrogen-bond acceptors (Lipinski definition) is 5. The highest BCUT2D eigenvalue weighted by Gasteiger charge is 2.15. The highest BCUT2D eigenvalue weighted by molar-refractivity contribution is 5.72.